The number of benzene rings is 1. The second-order valence-electron chi connectivity index (χ2n) is 5.00. The molecule has 1 aromatic rings. The van der Waals surface area contributed by atoms with Crippen LogP contribution >= 0.6 is 0 Å². The number of carbonyl (C=O) groups is 1. The van der Waals surface area contributed by atoms with E-state index in [9.17, 15) is 9.18 Å². The monoisotopic (exact) mass is 291 g/mol. The van der Waals surface area contributed by atoms with Crippen LogP contribution < -0.4 is 5.32 Å². The Kier molecular flexibility index (Phi) is 5.32. The van der Waals surface area contributed by atoms with Crippen molar-refractivity contribution in [1.82, 2.24) is 5.32 Å². The molecule has 1 aliphatic rings. The first-order valence-corrected chi connectivity index (χ1v) is 6.91. The predicted molar refractivity (Wildman–Crippen MR) is 75.8 cm³/mol. The fraction of sp³-hybridized carbons (Fsp3) is 0.438. The van der Waals surface area contributed by atoms with Crippen molar-refractivity contribution in [1.29, 1.82) is 0 Å². The molecule has 1 saturated heterocycles. The average molecular weight is 291 g/mol. The van der Waals surface area contributed by atoms with Crippen molar-refractivity contribution in [2.24, 2.45) is 0 Å². The summed E-state index contributed by atoms with van der Waals surface area (Å²) in [7, 11) is 0. The van der Waals surface area contributed by atoms with Crippen molar-refractivity contribution in [2.45, 2.75) is 38.5 Å². The molecule has 2 rings (SSSR count). The van der Waals surface area contributed by atoms with Gasteiger partial charge in [-0.1, -0.05) is 11.8 Å². The molecule has 1 amide bonds. The van der Waals surface area contributed by atoms with E-state index in [4.69, 9.17) is 9.84 Å². The molecule has 0 aliphatic carbocycles. The van der Waals surface area contributed by atoms with Crippen LogP contribution in [0.2, 0.25) is 0 Å². The molecular formula is C16H18FNO3. The maximum atomic E-state index is 13.7. The normalized spacial score (nSPS) is 20.7. The molecule has 2 atom stereocenters. The van der Waals surface area contributed by atoms with Crippen LogP contribution in [0, 0.1) is 17.7 Å². The van der Waals surface area contributed by atoms with Crippen LogP contribution in [-0.2, 0) is 16.1 Å². The van der Waals surface area contributed by atoms with E-state index in [1.165, 1.54) is 12.1 Å². The zero-order valence-electron chi connectivity index (χ0n) is 11.9. The number of rotatable bonds is 3. The van der Waals surface area contributed by atoms with Gasteiger partial charge in [0.05, 0.1) is 6.10 Å². The van der Waals surface area contributed by atoms with Crippen LogP contribution in [0.5, 0.6) is 0 Å². The average Bonchev–Trinajstić information content (AvgIpc) is 2.91. The minimum atomic E-state index is -0.444. The molecule has 0 bridgehead atoms. The maximum absolute atomic E-state index is 13.7. The van der Waals surface area contributed by atoms with Gasteiger partial charge in [0.25, 0.3) is 0 Å². The highest BCUT2D eigenvalue weighted by Crippen LogP contribution is 2.19. The quantitative estimate of drug-likeness (QED) is 0.827. The van der Waals surface area contributed by atoms with Gasteiger partial charge in [-0.3, -0.25) is 4.79 Å². The van der Waals surface area contributed by atoms with E-state index in [1.807, 2.05) is 6.92 Å². The first kappa shape index (κ1) is 15.5. The van der Waals surface area contributed by atoms with Gasteiger partial charge in [-0.05, 0) is 38.0 Å². The van der Waals surface area contributed by atoms with Gasteiger partial charge in [0, 0.05) is 17.7 Å². The van der Waals surface area contributed by atoms with Crippen LogP contribution in [0.15, 0.2) is 18.2 Å². The summed E-state index contributed by atoms with van der Waals surface area (Å²) in [5, 5.41) is 11.3. The lowest BCUT2D eigenvalue weighted by Crippen LogP contribution is -2.34. The van der Waals surface area contributed by atoms with Crippen molar-refractivity contribution in [3.05, 3.63) is 35.1 Å². The van der Waals surface area contributed by atoms with Crippen molar-refractivity contribution in [3.63, 3.8) is 0 Å². The number of hydrogen-bond donors (Lipinski definition) is 2. The van der Waals surface area contributed by atoms with Gasteiger partial charge in [0.2, 0.25) is 5.91 Å². The molecule has 1 fully saturated rings. The van der Waals surface area contributed by atoms with E-state index in [0.29, 0.717) is 17.5 Å². The van der Waals surface area contributed by atoms with Crippen LogP contribution in [0.25, 0.3) is 0 Å². The Balaban J connectivity index is 1.97. The number of halogens is 1. The third-order valence-electron chi connectivity index (χ3n) is 3.33. The van der Waals surface area contributed by atoms with Gasteiger partial charge >= 0.3 is 0 Å². The van der Waals surface area contributed by atoms with Gasteiger partial charge in [-0.2, -0.15) is 0 Å². The Morgan fingerprint density at radius 2 is 2.33 bits per heavy atom. The van der Waals surface area contributed by atoms with Gasteiger partial charge in [0.15, 0.2) is 0 Å². The number of carbonyl (C=O) groups excluding carboxylic acids is 1. The van der Waals surface area contributed by atoms with Crippen LogP contribution in [0.1, 0.15) is 30.9 Å². The second kappa shape index (κ2) is 7.21. The van der Waals surface area contributed by atoms with Crippen LogP contribution in [-0.4, -0.2) is 29.8 Å². The SMILES string of the molecule is CC1CCC(C(=O)NCc2cc(C#CCO)ccc2F)O1. The second-order valence-corrected chi connectivity index (χ2v) is 5.00. The van der Waals surface area contributed by atoms with Crippen LogP contribution in [0.4, 0.5) is 4.39 Å². The standard InChI is InChI=1S/C16H18FNO3/c1-11-4-7-15(21-11)16(20)18-10-13-9-12(3-2-8-19)5-6-14(13)17/h5-6,9,11,15,19H,4,7-8,10H2,1H3,(H,18,20). The van der Waals surface area contributed by atoms with Crippen molar-refractivity contribution in [2.75, 3.05) is 6.61 Å². The van der Waals surface area contributed by atoms with Crippen molar-refractivity contribution in [3.8, 4) is 11.8 Å². The lowest BCUT2D eigenvalue weighted by molar-refractivity contribution is -0.131. The van der Waals surface area contributed by atoms with E-state index in [2.05, 4.69) is 17.2 Å². The molecular weight excluding hydrogens is 273 g/mol. The summed E-state index contributed by atoms with van der Waals surface area (Å²) in [6, 6.07) is 4.40. The molecule has 2 unspecified atom stereocenters. The Hall–Kier alpha value is -1.90. The lowest BCUT2D eigenvalue weighted by atomic mass is 10.1. The summed E-state index contributed by atoms with van der Waals surface area (Å²) in [4.78, 5) is 11.9. The Bertz CT molecular complexity index is 577. The summed E-state index contributed by atoms with van der Waals surface area (Å²) in [5.41, 5.74) is 0.958. The summed E-state index contributed by atoms with van der Waals surface area (Å²) < 4.78 is 19.2. The highest BCUT2D eigenvalue weighted by molar-refractivity contribution is 5.81. The zero-order valence-corrected chi connectivity index (χ0v) is 11.9. The van der Waals surface area contributed by atoms with E-state index < -0.39 is 11.9 Å². The minimum absolute atomic E-state index is 0.0908. The largest absolute Gasteiger partial charge is 0.384 e. The van der Waals surface area contributed by atoms with E-state index >= 15 is 0 Å². The molecule has 1 aliphatic heterocycles. The number of aliphatic hydroxyl groups is 1. The Morgan fingerprint density at radius 1 is 1.52 bits per heavy atom. The molecule has 4 nitrogen and oxygen atoms in total. The van der Waals surface area contributed by atoms with Crippen LogP contribution in [0.3, 0.4) is 0 Å². The highest BCUT2D eigenvalue weighted by atomic mass is 19.1. The Labute approximate surface area is 123 Å². The smallest absolute Gasteiger partial charge is 0.249 e. The Morgan fingerprint density at radius 3 is 3.00 bits per heavy atom. The fourth-order valence-corrected chi connectivity index (χ4v) is 2.22. The van der Waals surface area contributed by atoms with Crippen molar-refractivity contribution >= 4 is 5.91 Å². The zero-order chi connectivity index (χ0) is 15.2. The molecule has 1 heterocycles. The lowest BCUT2D eigenvalue weighted by Gasteiger charge is -2.12. The number of ether oxygens (including phenoxy) is 1. The van der Waals surface area contributed by atoms with E-state index in [0.717, 1.165) is 6.42 Å². The molecule has 2 N–H and O–H groups in total. The minimum Gasteiger partial charge on any atom is -0.384 e. The molecule has 0 aromatic heterocycles. The first-order valence-electron chi connectivity index (χ1n) is 6.91. The summed E-state index contributed by atoms with van der Waals surface area (Å²) in [6.45, 7) is 1.77. The fourth-order valence-electron chi connectivity index (χ4n) is 2.22. The highest BCUT2D eigenvalue weighted by Gasteiger charge is 2.27. The van der Waals surface area contributed by atoms with E-state index in [-0.39, 0.29) is 25.2 Å². The van der Waals surface area contributed by atoms with E-state index in [1.54, 1.807) is 6.07 Å². The van der Waals surface area contributed by atoms with Crippen molar-refractivity contribution < 1.29 is 19.0 Å². The number of amides is 1. The van der Waals surface area contributed by atoms with Gasteiger partial charge in [-0.15, -0.1) is 0 Å². The summed E-state index contributed by atoms with van der Waals surface area (Å²) >= 11 is 0. The van der Waals surface area contributed by atoms with Gasteiger partial charge in [-0.25, -0.2) is 4.39 Å². The third kappa shape index (κ3) is 4.28. The maximum Gasteiger partial charge on any atom is 0.249 e. The molecule has 21 heavy (non-hydrogen) atoms. The van der Waals surface area contributed by atoms with Gasteiger partial charge in [0.1, 0.15) is 18.5 Å². The predicted octanol–water partition coefficient (Wildman–Crippen LogP) is 1.35. The third-order valence-corrected chi connectivity index (χ3v) is 3.33. The molecule has 112 valence electrons. The molecule has 0 saturated carbocycles. The molecule has 5 heteroatoms. The number of hydrogen-bond acceptors (Lipinski definition) is 3. The summed E-state index contributed by atoms with van der Waals surface area (Å²) in [6.07, 6.45) is 1.20. The summed E-state index contributed by atoms with van der Waals surface area (Å²) in [5.74, 6) is 4.59. The molecule has 1 aromatic carbocycles. The first-order chi connectivity index (χ1) is 10.1. The molecule has 0 spiro atoms. The molecule has 0 radical (unpaired) electrons. The van der Waals surface area contributed by atoms with Gasteiger partial charge < -0.3 is 15.2 Å². The number of nitrogens with one attached hydrogen (secondary N) is 1. The number of aliphatic hydroxyl groups excluding tert-OH is 1. The topological polar surface area (TPSA) is 58.6 Å².